The minimum atomic E-state index is -0.416. The maximum atomic E-state index is 13.8. The molecule has 3 N–H and O–H groups in total. The molecule has 4 aromatic rings. The molecule has 3 amide bonds. The fraction of sp³-hybridized carbons (Fsp3) is 0.278. The van der Waals surface area contributed by atoms with Gasteiger partial charge in [-0.25, -0.2) is 4.79 Å². The van der Waals surface area contributed by atoms with E-state index in [2.05, 4.69) is 65.9 Å². The van der Waals surface area contributed by atoms with E-state index in [0.717, 1.165) is 6.54 Å². The Hall–Kier alpha value is -4.66. The quantitative estimate of drug-likeness (QED) is 0.211. The Labute approximate surface area is 259 Å². The topological polar surface area (TPSA) is 94.1 Å². The van der Waals surface area contributed by atoms with E-state index >= 15 is 0 Å². The first-order valence-electron chi connectivity index (χ1n) is 15.0. The zero-order valence-corrected chi connectivity index (χ0v) is 25.4. The summed E-state index contributed by atoms with van der Waals surface area (Å²) in [4.78, 5) is 30.3. The third-order valence-electron chi connectivity index (χ3n) is 7.96. The number of aliphatic hydroxyl groups is 1. The Balaban J connectivity index is 1.32. The molecular weight excluding hydrogens is 552 g/mol. The summed E-state index contributed by atoms with van der Waals surface area (Å²) in [5.74, 6) is 0.209. The van der Waals surface area contributed by atoms with Crippen LogP contribution >= 0.6 is 0 Å². The van der Waals surface area contributed by atoms with Gasteiger partial charge in [0.15, 0.2) is 0 Å². The standard InChI is InChI=1S/C36H40N4O4/c1-25-21-40(26(2)24-41)35(42)32-20-31(38-36(43)37-30-12-8-5-9-13-30)18-19-33(32)44-34(25)23-39(3)22-27-14-16-29(17-15-27)28-10-6-4-7-11-28/h4-20,25-26,34,41H,21-24H2,1-3H3,(H2,37,38,43)/t25-,26+,34+/m0/s1. The molecule has 0 spiro atoms. The second-order valence-electron chi connectivity index (χ2n) is 11.5. The lowest BCUT2D eigenvalue weighted by Gasteiger charge is -2.38. The molecule has 0 fully saturated rings. The summed E-state index contributed by atoms with van der Waals surface area (Å²) in [5, 5.41) is 15.6. The van der Waals surface area contributed by atoms with Gasteiger partial charge in [0.1, 0.15) is 11.9 Å². The number of benzene rings is 4. The first-order valence-corrected chi connectivity index (χ1v) is 15.0. The van der Waals surface area contributed by atoms with Crippen molar-refractivity contribution in [3.05, 3.63) is 114 Å². The van der Waals surface area contributed by atoms with Crippen LogP contribution in [-0.4, -0.2) is 65.7 Å². The summed E-state index contributed by atoms with van der Waals surface area (Å²) < 4.78 is 6.54. The van der Waals surface area contributed by atoms with Crippen LogP contribution in [0, 0.1) is 5.92 Å². The number of likely N-dealkylation sites (N-methyl/N-ethyl adjacent to an activating group) is 1. The number of fused-ring (bicyclic) bond motifs is 1. The predicted molar refractivity (Wildman–Crippen MR) is 175 cm³/mol. The minimum absolute atomic E-state index is 0.00143. The molecule has 228 valence electrons. The van der Waals surface area contributed by atoms with E-state index in [0.29, 0.717) is 35.8 Å². The zero-order chi connectivity index (χ0) is 31.1. The number of urea groups is 1. The summed E-state index contributed by atoms with van der Waals surface area (Å²) in [5.41, 5.74) is 5.03. The highest BCUT2D eigenvalue weighted by Gasteiger charge is 2.33. The van der Waals surface area contributed by atoms with Gasteiger partial charge in [-0.2, -0.15) is 0 Å². The van der Waals surface area contributed by atoms with E-state index in [9.17, 15) is 14.7 Å². The number of rotatable bonds is 9. The van der Waals surface area contributed by atoms with Crippen LogP contribution in [0.15, 0.2) is 103 Å². The van der Waals surface area contributed by atoms with Crippen molar-refractivity contribution in [3.63, 3.8) is 0 Å². The number of amides is 3. The summed E-state index contributed by atoms with van der Waals surface area (Å²) >= 11 is 0. The van der Waals surface area contributed by atoms with Crippen LogP contribution in [0.4, 0.5) is 16.2 Å². The highest BCUT2D eigenvalue weighted by Crippen LogP contribution is 2.31. The number of hydrogen-bond donors (Lipinski definition) is 3. The van der Waals surface area contributed by atoms with E-state index in [4.69, 9.17) is 4.74 Å². The molecule has 0 unspecified atom stereocenters. The van der Waals surface area contributed by atoms with Crippen LogP contribution in [0.25, 0.3) is 11.1 Å². The highest BCUT2D eigenvalue weighted by atomic mass is 16.5. The average molecular weight is 593 g/mol. The molecule has 0 bridgehead atoms. The number of anilines is 2. The van der Waals surface area contributed by atoms with Gasteiger partial charge in [-0.3, -0.25) is 9.69 Å². The number of ether oxygens (including phenoxy) is 1. The lowest BCUT2D eigenvalue weighted by molar-refractivity contribution is 0.0341. The van der Waals surface area contributed by atoms with Crippen LogP contribution in [0.3, 0.4) is 0 Å². The van der Waals surface area contributed by atoms with Crippen LogP contribution in [0.1, 0.15) is 29.8 Å². The summed E-state index contributed by atoms with van der Waals surface area (Å²) in [7, 11) is 2.07. The smallest absolute Gasteiger partial charge is 0.323 e. The first-order chi connectivity index (χ1) is 21.3. The number of aliphatic hydroxyl groups excluding tert-OH is 1. The predicted octanol–water partition coefficient (Wildman–Crippen LogP) is 6.35. The number of carbonyl (C=O) groups is 2. The largest absolute Gasteiger partial charge is 0.488 e. The van der Waals surface area contributed by atoms with Crippen LogP contribution in [0.5, 0.6) is 5.75 Å². The second kappa shape index (κ2) is 14.2. The fourth-order valence-electron chi connectivity index (χ4n) is 5.45. The molecule has 0 aliphatic carbocycles. The molecule has 0 aromatic heterocycles. The SMILES string of the molecule is C[C@H](CO)N1C[C@H](C)[C@@H](CN(C)Cc2ccc(-c3ccccc3)cc2)Oc2ccc(NC(=O)Nc3ccccc3)cc2C1=O. The van der Waals surface area contributed by atoms with E-state index in [-0.39, 0.29) is 30.6 Å². The van der Waals surface area contributed by atoms with Crippen molar-refractivity contribution in [3.8, 4) is 16.9 Å². The molecule has 5 rings (SSSR count). The Morgan fingerprint density at radius 3 is 2.25 bits per heavy atom. The van der Waals surface area contributed by atoms with E-state index in [1.807, 2.05) is 43.3 Å². The van der Waals surface area contributed by atoms with Crippen LogP contribution in [0.2, 0.25) is 0 Å². The zero-order valence-electron chi connectivity index (χ0n) is 25.4. The van der Waals surface area contributed by atoms with Gasteiger partial charge in [0.2, 0.25) is 0 Å². The van der Waals surface area contributed by atoms with Gasteiger partial charge in [-0.1, -0.05) is 79.7 Å². The normalized spacial score (nSPS) is 17.2. The minimum Gasteiger partial charge on any atom is -0.488 e. The van der Waals surface area contributed by atoms with Crippen LogP contribution in [-0.2, 0) is 6.54 Å². The number of nitrogens with one attached hydrogen (secondary N) is 2. The first kappa shape index (κ1) is 30.8. The molecule has 0 saturated heterocycles. The number of nitrogens with zero attached hydrogens (tertiary/aromatic N) is 2. The van der Waals surface area contributed by atoms with Crippen molar-refractivity contribution in [1.29, 1.82) is 0 Å². The molecular formula is C36H40N4O4. The fourth-order valence-corrected chi connectivity index (χ4v) is 5.45. The number of hydrogen-bond acceptors (Lipinski definition) is 5. The molecule has 8 nitrogen and oxygen atoms in total. The molecule has 8 heteroatoms. The Morgan fingerprint density at radius 1 is 0.932 bits per heavy atom. The van der Waals surface area contributed by atoms with Crippen molar-refractivity contribution >= 4 is 23.3 Å². The lowest BCUT2D eigenvalue weighted by atomic mass is 9.99. The van der Waals surface area contributed by atoms with Crippen molar-refractivity contribution < 1.29 is 19.4 Å². The van der Waals surface area contributed by atoms with Gasteiger partial charge in [-0.05, 0) is 61.0 Å². The third-order valence-corrected chi connectivity index (χ3v) is 7.96. The molecule has 0 saturated carbocycles. The van der Waals surface area contributed by atoms with E-state index < -0.39 is 6.03 Å². The van der Waals surface area contributed by atoms with Crippen molar-refractivity contribution in [2.45, 2.75) is 32.5 Å². The van der Waals surface area contributed by atoms with Gasteiger partial charge in [0, 0.05) is 36.9 Å². The number of para-hydroxylation sites is 1. The molecule has 0 radical (unpaired) electrons. The molecule has 1 heterocycles. The van der Waals surface area contributed by atoms with Gasteiger partial charge in [0.05, 0.1) is 18.2 Å². The Bertz CT molecular complexity index is 1550. The number of carbonyl (C=O) groups excluding carboxylic acids is 2. The summed E-state index contributed by atoms with van der Waals surface area (Å²) in [6.45, 7) is 5.56. The molecule has 4 aromatic carbocycles. The monoisotopic (exact) mass is 592 g/mol. The van der Waals surface area contributed by atoms with Crippen molar-refractivity contribution in [1.82, 2.24) is 9.80 Å². The molecule has 3 atom stereocenters. The highest BCUT2D eigenvalue weighted by molar-refractivity contribution is 6.02. The van der Waals surface area contributed by atoms with Gasteiger partial charge >= 0.3 is 6.03 Å². The molecule has 44 heavy (non-hydrogen) atoms. The van der Waals surface area contributed by atoms with E-state index in [1.54, 1.807) is 35.2 Å². The van der Waals surface area contributed by atoms with Gasteiger partial charge in [0.25, 0.3) is 5.91 Å². The van der Waals surface area contributed by atoms with Crippen molar-refractivity contribution in [2.75, 3.05) is 37.4 Å². The lowest BCUT2D eigenvalue weighted by Crippen LogP contribution is -2.49. The Kier molecular flexibility index (Phi) is 9.94. The summed E-state index contributed by atoms with van der Waals surface area (Å²) in [6.07, 6.45) is -0.218. The third kappa shape index (κ3) is 7.64. The maximum absolute atomic E-state index is 13.8. The van der Waals surface area contributed by atoms with Gasteiger partial charge < -0.3 is 25.4 Å². The maximum Gasteiger partial charge on any atom is 0.323 e. The van der Waals surface area contributed by atoms with Crippen LogP contribution < -0.4 is 15.4 Å². The van der Waals surface area contributed by atoms with Crippen molar-refractivity contribution in [2.24, 2.45) is 5.92 Å². The average Bonchev–Trinajstić information content (AvgIpc) is 3.04. The van der Waals surface area contributed by atoms with Gasteiger partial charge in [-0.15, -0.1) is 0 Å². The second-order valence-corrected chi connectivity index (χ2v) is 11.5. The Morgan fingerprint density at radius 2 is 1.57 bits per heavy atom. The summed E-state index contributed by atoms with van der Waals surface area (Å²) in [6, 6.07) is 32.4. The molecule has 1 aliphatic rings. The molecule has 1 aliphatic heterocycles. The van der Waals surface area contributed by atoms with E-state index in [1.165, 1.54) is 16.7 Å².